The molecule has 1 unspecified atom stereocenters. The Hall–Kier alpha value is -2.67. The first-order valence-corrected chi connectivity index (χ1v) is 10.8. The monoisotopic (exact) mass is 391 g/mol. The topological polar surface area (TPSA) is 73.0 Å². The average Bonchev–Trinajstić information content (AvgIpc) is 3.30. The number of hydrogen-bond acceptors (Lipinski definition) is 6. The predicted octanol–water partition coefficient (Wildman–Crippen LogP) is 3.42. The Morgan fingerprint density at radius 3 is 2.66 bits per heavy atom. The number of benzene rings is 1. The molecule has 0 aliphatic carbocycles. The van der Waals surface area contributed by atoms with E-state index in [1.165, 1.54) is 31.2 Å². The minimum atomic E-state index is 0.368. The van der Waals surface area contributed by atoms with E-state index in [0.717, 1.165) is 56.1 Å². The quantitative estimate of drug-likeness (QED) is 0.694. The second-order valence-corrected chi connectivity index (χ2v) is 8.22. The third-order valence-corrected chi connectivity index (χ3v) is 6.03. The maximum absolute atomic E-state index is 4.92. The molecule has 7 heteroatoms. The highest BCUT2D eigenvalue weighted by Gasteiger charge is 2.24. The molecular weight excluding hydrogens is 362 g/mol. The molecule has 152 valence electrons. The van der Waals surface area contributed by atoms with E-state index in [2.05, 4.69) is 60.4 Å². The van der Waals surface area contributed by atoms with Crippen molar-refractivity contribution in [1.29, 1.82) is 0 Å². The number of rotatable bonds is 5. The standard InChI is InChI=1S/C22H29N7/c1-2-7-12-29(11-6-1)21-19-20(24-16-23-19)26-22(27-21)25-18-10-13-28(15-18)14-17-8-4-3-5-9-17/h3-5,8-9,16,18H,1-2,6-7,10-15H2,(H2,23,24,25,26,27). The molecule has 1 atom stereocenters. The molecule has 2 fully saturated rings. The first-order chi connectivity index (χ1) is 14.3. The van der Waals surface area contributed by atoms with Gasteiger partial charge in [-0.3, -0.25) is 4.90 Å². The van der Waals surface area contributed by atoms with Gasteiger partial charge in [-0.25, -0.2) is 4.98 Å². The van der Waals surface area contributed by atoms with Gasteiger partial charge in [-0.2, -0.15) is 9.97 Å². The second-order valence-electron chi connectivity index (χ2n) is 8.22. The number of imidazole rings is 1. The van der Waals surface area contributed by atoms with Crippen molar-refractivity contribution in [3.63, 3.8) is 0 Å². The van der Waals surface area contributed by atoms with Crippen molar-refractivity contribution in [2.45, 2.75) is 44.7 Å². The van der Waals surface area contributed by atoms with Crippen molar-refractivity contribution in [3.05, 3.63) is 42.2 Å². The molecule has 1 aromatic carbocycles. The SMILES string of the molecule is c1ccc(CN2CCC(Nc3nc(N4CCCCCC4)c4[nH]cnc4n3)C2)cc1. The maximum Gasteiger partial charge on any atom is 0.227 e. The van der Waals surface area contributed by atoms with Crippen molar-refractivity contribution in [2.75, 3.05) is 36.4 Å². The molecule has 0 radical (unpaired) electrons. The normalized spacial score (nSPS) is 20.8. The number of hydrogen-bond donors (Lipinski definition) is 2. The summed E-state index contributed by atoms with van der Waals surface area (Å²) in [7, 11) is 0. The summed E-state index contributed by atoms with van der Waals surface area (Å²) in [6.45, 7) is 5.21. The van der Waals surface area contributed by atoms with Crippen LogP contribution in [0.3, 0.4) is 0 Å². The zero-order valence-corrected chi connectivity index (χ0v) is 16.8. The molecule has 29 heavy (non-hydrogen) atoms. The molecule has 0 bridgehead atoms. The Bertz CT molecular complexity index is 931. The van der Waals surface area contributed by atoms with Gasteiger partial charge in [0.15, 0.2) is 11.5 Å². The third-order valence-electron chi connectivity index (χ3n) is 6.03. The molecule has 2 saturated heterocycles. The lowest BCUT2D eigenvalue weighted by Crippen LogP contribution is -2.28. The highest BCUT2D eigenvalue weighted by atomic mass is 15.3. The summed E-state index contributed by atoms with van der Waals surface area (Å²) in [5.74, 6) is 1.70. The number of fused-ring (bicyclic) bond motifs is 1. The van der Waals surface area contributed by atoms with E-state index in [0.29, 0.717) is 12.0 Å². The van der Waals surface area contributed by atoms with Crippen molar-refractivity contribution in [3.8, 4) is 0 Å². The van der Waals surface area contributed by atoms with Crippen LogP contribution >= 0.6 is 0 Å². The fourth-order valence-corrected chi connectivity index (χ4v) is 4.51. The summed E-state index contributed by atoms with van der Waals surface area (Å²) in [6.07, 6.45) is 7.88. The number of aromatic amines is 1. The molecule has 4 heterocycles. The van der Waals surface area contributed by atoms with Crippen LogP contribution in [0.2, 0.25) is 0 Å². The van der Waals surface area contributed by atoms with Crippen molar-refractivity contribution in [1.82, 2.24) is 24.8 Å². The Labute approximate surface area is 171 Å². The molecule has 0 saturated carbocycles. The molecule has 2 aliphatic rings. The van der Waals surface area contributed by atoms with Crippen molar-refractivity contribution in [2.24, 2.45) is 0 Å². The molecule has 2 aliphatic heterocycles. The number of anilines is 2. The first-order valence-electron chi connectivity index (χ1n) is 10.8. The summed E-state index contributed by atoms with van der Waals surface area (Å²) >= 11 is 0. The summed E-state index contributed by atoms with van der Waals surface area (Å²) in [4.78, 5) is 22.2. The van der Waals surface area contributed by atoms with E-state index in [4.69, 9.17) is 4.98 Å². The Balaban J connectivity index is 1.30. The summed E-state index contributed by atoms with van der Waals surface area (Å²) in [5, 5.41) is 3.59. The predicted molar refractivity (Wildman–Crippen MR) is 116 cm³/mol. The van der Waals surface area contributed by atoms with Crippen LogP contribution in [0.25, 0.3) is 11.2 Å². The third kappa shape index (κ3) is 4.19. The maximum atomic E-state index is 4.92. The van der Waals surface area contributed by atoms with Crippen LogP contribution in [-0.4, -0.2) is 57.1 Å². The zero-order valence-electron chi connectivity index (χ0n) is 16.8. The smallest absolute Gasteiger partial charge is 0.227 e. The highest BCUT2D eigenvalue weighted by Crippen LogP contribution is 2.26. The zero-order chi connectivity index (χ0) is 19.5. The molecule has 2 N–H and O–H groups in total. The summed E-state index contributed by atoms with van der Waals surface area (Å²) in [6, 6.07) is 11.1. The van der Waals surface area contributed by atoms with Gasteiger partial charge in [-0.05, 0) is 24.8 Å². The van der Waals surface area contributed by atoms with Gasteiger partial charge in [0, 0.05) is 38.8 Å². The molecule has 5 rings (SSSR count). The van der Waals surface area contributed by atoms with Gasteiger partial charge < -0.3 is 15.2 Å². The van der Waals surface area contributed by atoms with Crippen LogP contribution in [0, 0.1) is 0 Å². The Kier molecular flexibility index (Phi) is 5.30. The Morgan fingerprint density at radius 1 is 1.00 bits per heavy atom. The lowest BCUT2D eigenvalue weighted by atomic mass is 10.2. The van der Waals surface area contributed by atoms with Crippen LogP contribution < -0.4 is 10.2 Å². The van der Waals surface area contributed by atoms with Gasteiger partial charge in [0.1, 0.15) is 5.52 Å². The summed E-state index contributed by atoms with van der Waals surface area (Å²) < 4.78 is 0. The van der Waals surface area contributed by atoms with E-state index >= 15 is 0 Å². The van der Waals surface area contributed by atoms with E-state index < -0.39 is 0 Å². The molecule has 0 spiro atoms. The van der Waals surface area contributed by atoms with Gasteiger partial charge in [-0.1, -0.05) is 43.2 Å². The van der Waals surface area contributed by atoms with Gasteiger partial charge in [-0.15, -0.1) is 0 Å². The summed E-state index contributed by atoms with van der Waals surface area (Å²) in [5.41, 5.74) is 3.07. The number of H-pyrrole nitrogens is 1. The molecular formula is C22H29N7. The first kappa shape index (κ1) is 18.4. The Morgan fingerprint density at radius 2 is 1.83 bits per heavy atom. The lowest BCUT2D eigenvalue weighted by molar-refractivity contribution is 0.328. The fourth-order valence-electron chi connectivity index (χ4n) is 4.51. The van der Waals surface area contributed by atoms with E-state index in [1.807, 2.05) is 0 Å². The van der Waals surface area contributed by atoms with Gasteiger partial charge in [0.2, 0.25) is 5.95 Å². The highest BCUT2D eigenvalue weighted by molar-refractivity contribution is 5.84. The molecule has 7 nitrogen and oxygen atoms in total. The van der Waals surface area contributed by atoms with Crippen molar-refractivity contribution >= 4 is 22.9 Å². The van der Waals surface area contributed by atoms with Crippen LogP contribution in [0.5, 0.6) is 0 Å². The van der Waals surface area contributed by atoms with E-state index in [1.54, 1.807) is 6.33 Å². The number of aromatic nitrogens is 4. The van der Waals surface area contributed by atoms with Crippen LogP contribution in [0.4, 0.5) is 11.8 Å². The average molecular weight is 392 g/mol. The van der Waals surface area contributed by atoms with Crippen LogP contribution in [-0.2, 0) is 6.54 Å². The minimum Gasteiger partial charge on any atom is -0.355 e. The molecule has 2 aromatic heterocycles. The number of nitrogens with zero attached hydrogens (tertiary/aromatic N) is 5. The van der Waals surface area contributed by atoms with E-state index in [9.17, 15) is 0 Å². The van der Waals surface area contributed by atoms with Crippen LogP contribution in [0.1, 0.15) is 37.7 Å². The number of likely N-dealkylation sites (tertiary alicyclic amines) is 1. The van der Waals surface area contributed by atoms with Gasteiger partial charge >= 0.3 is 0 Å². The largest absolute Gasteiger partial charge is 0.355 e. The lowest BCUT2D eigenvalue weighted by Gasteiger charge is -2.23. The van der Waals surface area contributed by atoms with Gasteiger partial charge in [0.25, 0.3) is 0 Å². The van der Waals surface area contributed by atoms with Crippen molar-refractivity contribution < 1.29 is 0 Å². The van der Waals surface area contributed by atoms with Crippen LogP contribution in [0.15, 0.2) is 36.7 Å². The molecule has 0 amide bonds. The minimum absolute atomic E-state index is 0.368. The molecule has 3 aromatic rings. The van der Waals surface area contributed by atoms with E-state index in [-0.39, 0.29) is 0 Å². The van der Waals surface area contributed by atoms with Gasteiger partial charge in [0.05, 0.1) is 6.33 Å². The second kappa shape index (κ2) is 8.37. The fraction of sp³-hybridized carbons (Fsp3) is 0.500. The number of nitrogens with one attached hydrogen (secondary N) is 2.